The van der Waals surface area contributed by atoms with Crippen molar-refractivity contribution in [3.05, 3.63) is 34.7 Å². The van der Waals surface area contributed by atoms with E-state index >= 15 is 0 Å². The second-order valence-corrected chi connectivity index (χ2v) is 6.62. The standard InChI is InChI=1S/C17H18N2O6S/c1-10(2)25-15(21)8-19-16(22)13(26-17(19)23)7-11-3-5-12(6-4-11)24-9-14(18)20/h3-7,10H,8-9H2,1-2H3,(H2,18,20)/b13-7-. The van der Waals surface area contributed by atoms with Gasteiger partial charge in [0.15, 0.2) is 6.61 Å². The van der Waals surface area contributed by atoms with Gasteiger partial charge in [-0.3, -0.25) is 24.1 Å². The van der Waals surface area contributed by atoms with Gasteiger partial charge in [-0.2, -0.15) is 0 Å². The molecule has 1 saturated heterocycles. The fraction of sp³-hybridized carbons (Fsp3) is 0.294. The lowest BCUT2D eigenvalue weighted by molar-refractivity contribution is -0.149. The molecule has 0 spiro atoms. The van der Waals surface area contributed by atoms with E-state index in [-0.39, 0.29) is 17.6 Å². The molecule has 9 heteroatoms. The quantitative estimate of drug-likeness (QED) is 0.565. The van der Waals surface area contributed by atoms with Gasteiger partial charge in [-0.25, -0.2) is 0 Å². The maximum absolute atomic E-state index is 12.3. The van der Waals surface area contributed by atoms with Crippen LogP contribution in [0.5, 0.6) is 5.75 Å². The van der Waals surface area contributed by atoms with Gasteiger partial charge < -0.3 is 15.2 Å². The van der Waals surface area contributed by atoms with E-state index in [9.17, 15) is 19.2 Å². The first-order valence-electron chi connectivity index (χ1n) is 7.72. The van der Waals surface area contributed by atoms with Crippen LogP contribution < -0.4 is 10.5 Å². The largest absolute Gasteiger partial charge is 0.484 e. The zero-order chi connectivity index (χ0) is 19.3. The lowest BCUT2D eigenvalue weighted by Crippen LogP contribution is -2.35. The number of thioether (sulfide) groups is 1. The predicted octanol–water partition coefficient (Wildman–Crippen LogP) is 1.54. The number of nitrogens with two attached hydrogens (primary N) is 1. The number of esters is 1. The second-order valence-electron chi connectivity index (χ2n) is 5.63. The molecular formula is C17H18N2O6S. The van der Waals surface area contributed by atoms with Gasteiger partial charge >= 0.3 is 5.97 Å². The molecular weight excluding hydrogens is 360 g/mol. The first kappa shape index (κ1) is 19.5. The molecule has 0 aromatic heterocycles. The van der Waals surface area contributed by atoms with Crippen LogP contribution in [0.1, 0.15) is 19.4 Å². The summed E-state index contributed by atoms with van der Waals surface area (Å²) in [4.78, 5) is 47.7. The van der Waals surface area contributed by atoms with Crippen LogP contribution in [0.15, 0.2) is 29.2 Å². The number of amides is 3. The number of hydrogen-bond acceptors (Lipinski definition) is 7. The number of nitrogens with zero attached hydrogens (tertiary/aromatic N) is 1. The Bertz CT molecular complexity index is 757. The minimum atomic E-state index is -0.639. The molecule has 0 bridgehead atoms. The minimum Gasteiger partial charge on any atom is -0.484 e. The van der Waals surface area contributed by atoms with E-state index < -0.39 is 29.6 Å². The van der Waals surface area contributed by atoms with Gasteiger partial charge in [0.2, 0.25) is 0 Å². The Morgan fingerprint density at radius 1 is 1.23 bits per heavy atom. The molecule has 0 unspecified atom stereocenters. The molecule has 1 fully saturated rings. The summed E-state index contributed by atoms with van der Waals surface area (Å²) in [6, 6.07) is 6.55. The van der Waals surface area contributed by atoms with Crippen molar-refractivity contribution in [1.29, 1.82) is 0 Å². The fourth-order valence-electron chi connectivity index (χ4n) is 2.03. The van der Waals surface area contributed by atoms with Gasteiger partial charge in [0, 0.05) is 0 Å². The molecule has 1 aliphatic heterocycles. The maximum Gasteiger partial charge on any atom is 0.326 e. The Balaban J connectivity index is 2.04. The average Bonchev–Trinajstić information content (AvgIpc) is 2.81. The zero-order valence-electron chi connectivity index (χ0n) is 14.3. The molecule has 3 amide bonds. The number of ether oxygens (including phenoxy) is 2. The Kier molecular flexibility index (Phi) is 6.40. The van der Waals surface area contributed by atoms with Gasteiger partial charge in [0.1, 0.15) is 12.3 Å². The van der Waals surface area contributed by atoms with Crippen molar-refractivity contribution < 1.29 is 28.7 Å². The monoisotopic (exact) mass is 378 g/mol. The third-order valence-corrected chi connectivity index (χ3v) is 3.99. The number of hydrogen-bond donors (Lipinski definition) is 1. The molecule has 26 heavy (non-hydrogen) atoms. The van der Waals surface area contributed by atoms with Crippen LogP contribution in [-0.2, 0) is 19.1 Å². The lowest BCUT2D eigenvalue weighted by Gasteiger charge is -2.13. The Morgan fingerprint density at radius 3 is 2.46 bits per heavy atom. The molecule has 8 nitrogen and oxygen atoms in total. The predicted molar refractivity (Wildman–Crippen MR) is 95.0 cm³/mol. The molecule has 2 rings (SSSR count). The third kappa shape index (κ3) is 5.35. The van der Waals surface area contributed by atoms with Crippen molar-refractivity contribution >= 4 is 40.9 Å². The van der Waals surface area contributed by atoms with E-state index in [1.165, 1.54) is 6.08 Å². The molecule has 1 aromatic rings. The average molecular weight is 378 g/mol. The molecule has 0 aliphatic carbocycles. The summed E-state index contributed by atoms with van der Waals surface area (Å²) < 4.78 is 10.1. The first-order valence-corrected chi connectivity index (χ1v) is 8.54. The van der Waals surface area contributed by atoms with E-state index in [1.54, 1.807) is 38.1 Å². The van der Waals surface area contributed by atoms with Crippen molar-refractivity contribution in [2.75, 3.05) is 13.2 Å². The molecule has 1 aliphatic rings. The summed E-state index contributed by atoms with van der Waals surface area (Å²) in [5, 5.41) is -0.525. The summed E-state index contributed by atoms with van der Waals surface area (Å²) in [5.74, 6) is -1.32. The third-order valence-electron chi connectivity index (χ3n) is 3.09. The Labute approximate surface area is 154 Å². The summed E-state index contributed by atoms with van der Waals surface area (Å²) in [7, 11) is 0. The minimum absolute atomic E-state index is 0.207. The highest BCUT2D eigenvalue weighted by Gasteiger charge is 2.36. The SMILES string of the molecule is CC(C)OC(=O)CN1C(=O)S/C(=C\c2ccc(OCC(N)=O)cc2)C1=O. The number of primary amides is 1. The van der Waals surface area contributed by atoms with Gasteiger partial charge in [0.05, 0.1) is 11.0 Å². The van der Waals surface area contributed by atoms with Gasteiger partial charge in [-0.05, 0) is 49.4 Å². The molecule has 0 saturated carbocycles. The van der Waals surface area contributed by atoms with Crippen LogP contribution in [0.2, 0.25) is 0 Å². The number of rotatable bonds is 7. The van der Waals surface area contributed by atoms with Gasteiger partial charge in [-0.15, -0.1) is 0 Å². The molecule has 0 atom stereocenters. The molecule has 0 radical (unpaired) electrons. The highest BCUT2D eigenvalue weighted by molar-refractivity contribution is 8.18. The highest BCUT2D eigenvalue weighted by atomic mass is 32.2. The molecule has 1 aromatic carbocycles. The van der Waals surface area contributed by atoms with E-state index in [4.69, 9.17) is 15.2 Å². The van der Waals surface area contributed by atoms with Crippen molar-refractivity contribution in [3.8, 4) is 5.75 Å². The van der Waals surface area contributed by atoms with E-state index in [2.05, 4.69) is 0 Å². The van der Waals surface area contributed by atoms with Crippen LogP contribution >= 0.6 is 11.8 Å². The lowest BCUT2D eigenvalue weighted by atomic mass is 10.2. The van der Waals surface area contributed by atoms with Crippen LogP contribution in [0, 0.1) is 0 Å². The zero-order valence-corrected chi connectivity index (χ0v) is 15.1. The summed E-state index contributed by atoms with van der Waals surface area (Å²) >= 11 is 0.754. The first-order chi connectivity index (χ1) is 12.3. The summed E-state index contributed by atoms with van der Waals surface area (Å²) in [5.41, 5.74) is 5.66. The Hall–Kier alpha value is -2.81. The van der Waals surface area contributed by atoms with Crippen molar-refractivity contribution in [2.24, 2.45) is 5.73 Å². The van der Waals surface area contributed by atoms with Crippen LogP contribution in [0.25, 0.3) is 6.08 Å². The maximum atomic E-state index is 12.3. The molecule has 1 heterocycles. The number of imide groups is 1. The van der Waals surface area contributed by atoms with Crippen LogP contribution in [-0.4, -0.2) is 47.2 Å². The van der Waals surface area contributed by atoms with E-state index in [0.29, 0.717) is 11.3 Å². The highest BCUT2D eigenvalue weighted by Crippen LogP contribution is 2.32. The molecule has 138 valence electrons. The van der Waals surface area contributed by atoms with Crippen molar-refractivity contribution in [1.82, 2.24) is 4.90 Å². The van der Waals surface area contributed by atoms with E-state index in [0.717, 1.165) is 16.7 Å². The van der Waals surface area contributed by atoms with Crippen LogP contribution in [0.3, 0.4) is 0 Å². The topological polar surface area (TPSA) is 116 Å². The Morgan fingerprint density at radius 2 is 1.88 bits per heavy atom. The van der Waals surface area contributed by atoms with E-state index in [1.807, 2.05) is 0 Å². The number of carbonyl (C=O) groups is 4. The van der Waals surface area contributed by atoms with Gasteiger partial charge in [-0.1, -0.05) is 12.1 Å². The van der Waals surface area contributed by atoms with Gasteiger partial charge in [0.25, 0.3) is 17.1 Å². The normalized spacial score (nSPS) is 15.7. The number of carbonyl (C=O) groups excluding carboxylic acids is 4. The summed E-state index contributed by atoms with van der Waals surface area (Å²) in [6.07, 6.45) is 1.21. The molecule has 2 N–H and O–H groups in total. The van der Waals surface area contributed by atoms with Crippen molar-refractivity contribution in [3.63, 3.8) is 0 Å². The summed E-state index contributed by atoms with van der Waals surface area (Å²) in [6.45, 7) is 2.72. The van der Waals surface area contributed by atoms with Crippen LogP contribution in [0.4, 0.5) is 4.79 Å². The fourth-order valence-corrected chi connectivity index (χ4v) is 2.87. The van der Waals surface area contributed by atoms with Crippen molar-refractivity contribution in [2.45, 2.75) is 20.0 Å². The number of benzene rings is 1. The smallest absolute Gasteiger partial charge is 0.326 e. The second kappa shape index (κ2) is 8.52.